The van der Waals surface area contributed by atoms with Crippen LogP contribution in [0.5, 0.6) is 5.75 Å². The fourth-order valence-corrected chi connectivity index (χ4v) is 1.87. The fraction of sp³-hybridized carbons (Fsp3) is 0. The van der Waals surface area contributed by atoms with E-state index in [1.54, 1.807) is 0 Å². The van der Waals surface area contributed by atoms with Gasteiger partial charge in [0.1, 0.15) is 5.75 Å². The Labute approximate surface area is 129 Å². The van der Waals surface area contributed by atoms with Crippen LogP contribution in [0.25, 0.3) is 0 Å². The van der Waals surface area contributed by atoms with Crippen LogP contribution in [0, 0.1) is 0 Å². The fourth-order valence-electron chi connectivity index (χ4n) is 1.43. The summed E-state index contributed by atoms with van der Waals surface area (Å²) in [5, 5.41) is 13.2. The third kappa shape index (κ3) is 3.82. The van der Waals surface area contributed by atoms with Crippen LogP contribution >= 0.6 is 27.5 Å². The molecule has 2 rings (SSSR count). The Balaban J connectivity index is 2.01. The molecule has 0 aliphatic heterocycles. The molecule has 20 heavy (non-hydrogen) atoms. The Morgan fingerprint density at radius 2 is 1.95 bits per heavy atom. The summed E-state index contributed by atoms with van der Waals surface area (Å²) in [5.41, 5.74) is 3.57. The van der Waals surface area contributed by atoms with E-state index in [1.807, 2.05) is 24.3 Å². The first-order valence-electron chi connectivity index (χ1n) is 5.64. The normalized spacial score (nSPS) is 10.7. The van der Waals surface area contributed by atoms with Crippen LogP contribution in [0.4, 0.5) is 0 Å². The number of aromatic hydroxyl groups is 1. The summed E-state index contributed by atoms with van der Waals surface area (Å²) in [6.45, 7) is 0. The van der Waals surface area contributed by atoms with E-state index in [-0.39, 0.29) is 10.8 Å². The average molecular weight is 354 g/mol. The SMILES string of the molecule is O=C(NN=Cc1ccc(Br)cc1)c1ccc(O)c(Cl)c1. The largest absolute Gasteiger partial charge is 0.506 e. The van der Waals surface area contributed by atoms with Crippen LogP contribution in [0.1, 0.15) is 15.9 Å². The van der Waals surface area contributed by atoms with Crippen LogP contribution in [0.15, 0.2) is 52.0 Å². The molecule has 6 heteroatoms. The van der Waals surface area contributed by atoms with Crippen molar-refractivity contribution in [3.05, 3.63) is 63.1 Å². The predicted molar refractivity (Wildman–Crippen MR) is 82.3 cm³/mol. The summed E-state index contributed by atoms with van der Waals surface area (Å²) in [4.78, 5) is 11.8. The van der Waals surface area contributed by atoms with Gasteiger partial charge in [0.05, 0.1) is 11.2 Å². The topological polar surface area (TPSA) is 61.7 Å². The van der Waals surface area contributed by atoms with Crippen molar-refractivity contribution in [2.45, 2.75) is 0 Å². The summed E-state index contributed by atoms with van der Waals surface area (Å²) < 4.78 is 0.970. The molecule has 0 radical (unpaired) electrons. The van der Waals surface area contributed by atoms with E-state index in [1.165, 1.54) is 24.4 Å². The zero-order valence-electron chi connectivity index (χ0n) is 10.2. The average Bonchev–Trinajstić information content (AvgIpc) is 2.44. The van der Waals surface area contributed by atoms with Crippen molar-refractivity contribution in [3.63, 3.8) is 0 Å². The Kier molecular flexibility index (Phi) is 4.76. The maximum Gasteiger partial charge on any atom is 0.271 e. The zero-order valence-corrected chi connectivity index (χ0v) is 12.5. The summed E-state index contributed by atoms with van der Waals surface area (Å²) in [7, 11) is 0. The second-order valence-corrected chi connectivity index (χ2v) is 5.24. The molecule has 0 saturated heterocycles. The van der Waals surface area contributed by atoms with Gasteiger partial charge in [-0.3, -0.25) is 4.79 Å². The minimum Gasteiger partial charge on any atom is -0.506 e. The van der Waals surface area contributed by atoms with E-state index < -0.39 is 5.91 Å². The summed E-state index contributed by atoms with van der Waals surface area (Å²) in [6.07, 6.45) is 1.53. The molecule has 2 aromatic rings. The minimum atomic E-state index is -0.403. The lowest BCUT2D eigenvalue weighted by atomic mass is 10.2. The monoisotopic (exact) mass is 352 g/mol. The van der Waals surface area contributed by atoms with Crippen molar-refractivity contribution < 1.29 is 9.90 Å². The molecule has 0 bridgehead atoms. The molecule has 0 aliphatic carbocycles. The van der Waals surface area contributed by atoms with E-state index in [0.717, 1.165) is 10.0 Å². The molecule has 102 valence electrons. The molecule has 1 amide bonds. The Hall–Kier alpha value is -1.85. The van der Waals surface area contributed by atoms with Crippen LogP contribution < -0.4 is 5.43 Å². The number of amides is 1. The molecule has 0 unspecified atom stereocenters. The van der Waals surface area contributed by atoms with Gasteiger partial charge in [-0.2, -0.15) is 5.10 Å². The molecule has 2 aromatic carbocycles. The standard InChI is InChI=1S/C14H10BrClN2O2/c15-11-4-1-9(2-5-11)8-17-18-14(20)10-3-6-13(19)12(16)7-10/h1-8,19H,(H,18,20). The van der Waals surface area contributed by atoms with Gasteiger partial charge in [0.2, 0.25) is 0 Å². The number of halogens is 2. The first-order valence-corrected chi connectivity index (χ1v) is 6.81. The Morgan fingerprint density at radius 1 is 1.25 bits per heavy atom. The van der Waals surface area contributed by atoms with Gasteiger partial charge in [-0.1, -0.05) is 39.7 Å². The second-order valence-electron chi connectivity index (χ2n) is 3.92. The number of benzene rings is 2. The third-order valence-electron chi connectivity index (χ3n) is 2.46. The highest BCUT2D eigenvalue weighted by Gasteiger charge is 2.07. The molecular formula is C14H10BrClN2O2. The van der Waals surface area contributed by atoms with E-state index in [4.69, 9.17) is 11.6 Å². The number of phenols is 1. The smallest absolute Gasteiger partial charge is 0.271 e. The van der Waals surface area contributed by atoms with Crippen molar-refractivity contribution in [2.24, 2.45) is 5.10 Å². The number of nitrogens with one attached hydrogen (secondary N) is 1. The van der Waals surface area contributed by atoms with Gasteiger partial charge in [-0.05, 0) is 35.9 Å². The number of rotatable bonds is 3. The molecular weight excluding hydrogens is 344 g/mol. The molecule has 0 aromatic heterocycles. The van der Waals surface area contributed by atoms with Crippen molar-refractivity contribution in [3.8, 4) is 5.75 Å². The van der Waals surface area contributed by atoms with Gasteiger partial charge in [0.25, 0.3) is 5.91 Å². The highest BCUT2D eigenvalue weighted by atomic mass is 79.9. The lowest BCUT2D eigenvalue weighted by molar-refractivity contribution is 0.0955. The maximum atomic E-state index is 11.8. The zero-order chi connectivity index (χ0) is 14.5. The van der Waals surface area contributed by atoms with Crippen LogP contribution in [0.2, 0.25) is 5.02 Å². The number of carbonyl (C=O) groups is 1. The number of phenolic OH excluding ortho intramolecular Hbond substituents is 1. The number of carbonyl (C=O) groups excluding carboxylic acids is 1. The van der Waals surface area contributed by atoms with Crippen molar-refractivity contribution >= 4 is 39.7 Å². The first-order chi connectivity index (χ1) is 9.56. The van der Waals surface area contributed by atoms with Crippen molar-refractivity contribution in [1.29, 1.82) is 0 Å². The van der Waals surface area contributed by atoms with Crippen molar-refractivity contribution in [1.82, 2.24) is 5.43 Å². The Bertz CT molecular complexity index is 657. The maximum absolute atomic E-state index is 11.8. The highest BCUT2D eigenvalue weighted by Crippen LogP contribution is 2.23. The summed E-state index contributed by atoms with van der Waals surface area (Å²) >= 11 is 9.06. The molecule has 4 nitrogen and oxygen atoms in total. The van der Waals surface area contributed by atoms with Gasteiger partial charge in [-0.15, -0.1) is 0 Å². The van der Waals surface area contributed by atoms with Gasteiger partial charge >= 0.3 is 0 Å². The molecule has 0 fully saturated rings. The summed E-state index contributed by atoms with van der Waals surface area (Å²) in [6, 6.07) is 11.7. The first kappa shape index (κ1) is 14.6. The van der Waals surface area contributed by atoms with E-state index >= 15 is 0 Å². The van der Waals surface area contributed by atoms with E-state index in [2.05, 4.69) is 26.5 Å². The highest BCUT2D eigenvalue weighted by molar-refractivity contribution is 9.10. The molecule has 0 aliphatic rings. The summed E-state index contributed by atoms with van der Waals surface area (Å²) in [5.74, 6) is -0.471. The molecule has 0 atom stereocenters. The van der Waals surface area contributed by atoms with E-state index in [9.17, 15) is 9.90 Å². The number of hydrogen-bond donors (Lipinski definition) is 2. The molecule has 0 saturated carbocycles. The number of hydrazone groups is 1. The molecule has 2 N–H and O–H groups in total. The lowest BCUT2D eigenvalue weighted by Crippen LogP contribution is -2.17. The minimum absolute atomic E-state index is 0.0680. The van der Waals surface area contributed by atoms with Crippen LogP contribution in [0.3, 0.4) is 0 Å². The van der Waals surface area contributed by atoms with Gasteiger partial charge < -0.3 is 5.11 Å². The van der Waals surface area contributed by atoms with Gasteiger partial charge in [0.15, 0.2) is 0 Å². The van der Waals surface area contributed by atoms with E-state index in [0.29, 0.717) is 5.56 Å². The predicted octanol–water partition coefficient (Wildman–Crippen LogP) is 3.57. The molecule has 0 spiro atoms. The van der Waals surface area contributed by atoms with Crippen LogP contribution in [-0.2, 0) is 0 Å². The Morgan fingerprint density at radius 3 is 2.60 bits per heavy atom. The quantitative estimate of drug-likeness (QED) is 0.654. The third-order valence-corrected chi connectivity index (χ3v) is 3.29. The second kappa shape index (κ2) is 6.54. The van der Waals surface area contributed by atoms with Crippen molar-refractivity contribution in [2.75, 3.05) is 0 Å². The lowest BCUT2D eigenvalue weighted by Gasteiger charge is -2.01. The number of hydrogen-bond acceptors (Lipinski definition) is 3. The number of nitrogens with zero attached hydrogens (tertiary/aromatic N) is 1. The van der Waals surface area contributed by atoms with Gasteiger partial charge in [-0.25, -0.2) is 5.43 Å². The molecule has 0 heterocycles. The van der Waals surface area contributed by atoms with Crippen LogP contribution in [-0.4, -0.2) is 17.2 Å². The van der Waals surface area contributed by atoms with Gasteiger partial charge in [0, 0.05) is 10.0 Å².